The number of methoxy groups -OCH3 is 1. The minimum Gasteiger partial charge on any atom is -0.478 e. The highest BCUT2D eigenvalue weighted by molar-refractivity contribution is 5.52. The van der Waals surface area contributed by atoms with Crippen LogP contribution in [0.15, 0.2) is 12.4 Å². The van der Waals surface area contributed by atoms with Crippen LogP contribution in [0.2, 0.25) is 0 Å². The van der Waals surface area contributed by atoms with Gasteiger partial charge in [0.05, 0.1) is 25.5 Å². The predicted octanol–water partition coefficient (Wildman–Crippen LogP) is 1.39. The van der Waals surface area contributed by atoms with Crippen LogP contribution < -0.4 is 15.0 Å². The van der Waals surface area contributed by atoms with Gasteiger partial charge in [0.2, 0.25) is 0 Å². The van der Waals surface area contributed by atoms with E-state index in [4.69, 9.17) is 14.5 Å². The lowest BCUT2D eigenvalue weighted by molar-refractivity contribution is 0.195. The fourth-order valence-corrected chi connectivity index (χ4v) is 3.57. The average Bonchev–Trinajstić information content (AvgIpc) is 3.07. The summed E-state index contributed by atoms with van der Waals surface area (Å²) in [6.45, 7) is 5.14. The quantitative estimate of drug-likeness (QED) is 0.880. The Morgan fingerprint density at radius 1 is 1.19 bits per heavy atom. The zero-order chi connectivity index (χ0) is 17.9. The molecule has 2 aromatic heterocycles. The van der Waals surface area contributed by atoms with Crippen LogP contribution >= 0.6 is 0 Å². The molecule has 0 spiro atoms. The number of aromatic nitrogens is 4. The molecule has 8 nitrogen and oxygen atoms in total. The Hall–Kier alpha value is -2.48. The molecule has 1 N–H and O–H groups in total. The van der Waals surface area contributed by atoms with Crippen LogP contribution in [0.1, 0.15) is 23.5 Å². The first-order valence-corrected chi connectivity index (χ1v) is 9.05. The van der Waals surface area contributed by atoms with Crippen LogP contribution in [0, 0.1) is 6.92 Å². The predicted molar refractivity (Wildman–Crippen MR) is 97.8 cm³/mol. The zero-order valence-corrected chi connectivity index (χ0v) is 15.2. The number of hydrogen-bond donors (Lipinski definition) is 1. The number of anilines is 2. The molecule has 0 radical (unpaired) electrons. The van der Waals surface area contributed by atoms with E-state index in [1.165, 1.54) is 5.56 Å². The summed E-state index contributed by atoms with van der Waals surface area (Å²) in [5.74, 6) is 3.10. The van der Waals surface area contributed by atoms with Crippen molar-refractivity contribution in [3.63, 3.8) is 0 Å². The highest BCUT2D eigenvalue weighted by atomic mass is 16.5. The lowest BCUT2D eigenvalue weighted by atomic mass is 10.1. The summed E-state index contributed by atoms with van der Waals surface area (Å²) in [5.41, 5.74) is 2.32. The maximum absolute atomic E-state index is 5.49. The van der Waals surface area contributed by atoms with Gasteiger partial charge >= 0.3 is 0 Å². The van der Waals surface area contributed by atoms with Crippen molar-refractivity contribution >= 4 is 11.6 Å². The van der Waals surface area contributed by atoms with Crippen molar-refractivity contribution in [2.75, 3.05) is 43.6 Å². The molecule has 26 heavy (non-hydrogen) atoms. The Kier molecular flexibility index (Phi) is 4.83. The molecule has 0 aliphatic carbocycles. The van der Waals surface area contributed by atoms with E-state index in [-0.39, 0.29) is 0 Å². The first kappa shape index (κ1) is 17.0. The molecule has 1 saturated heterocycles. The number of nitrogens with zero attached hydrogens (tertiary/aromatic N) is 5. The van der Waals surface area contributed by atoms with Crippen LogP contribution in [0.3, 0.4) is 0 Å². The highest BCUT2D eigenvalue weighted by Crippen LogP contribution is 2.28. The van der Waals surface area contributed by atoms with E-state index < -0.39 is 0 Å². The number of rotatable bonds is 4. The third-order valence-electron chi connectivity index (χ3n) is 4.86. The van der Waals surface area contributed by atoms with Gasteiger partial charge in [0, 0.05) is 44.1 Å². The third-order valence-corrected chi connectivity index (χ3v) is 4.86. The fraction of sp³-hybridized carbons (Fsp3) is 0.556. The highest BCUT2D eigenvalue weighted by Gasteiger charge is 2.24. The Labute approximate surface area is 153 Å². The molecule has 2 aliphatic rings. The lowest BCUT2D eigenvalue weighted by Gasteiger charge is -2.22. The van der Waals surface area contributed by atoms with Gasteiger partial charge in [-0.3, -0.25) is 0 Å². The molecule has 0 unspecified atom stereocenters. The molecule has 0 bridgehead atoms. The molecule has 2 aliphatic heterocycles. The first-order chi connectivity index (χ1) is 12.7. The Morgan fingerprint density at radius 3 is 2.85 bits per heavy atom. The molecule has 4 rings (SSSR count). The molecule has 0 saturated carbocycles. The summed E-state index contributed by atoms with van der Waals surface area (Å²) in [6, 6.07) is 0.327. The van der Waals surface area contributed by atoms with Crippen molar-refractivity contribution in [3.05, 3.63) is 29.5 Å². The summed E-state index contributed by atoms with van der Waals surface area (Å²) in [5, 5.41) is 3.57. The van der Waals surface area contributed by atoms with Gasteiger partial charge in [0.25, 0.3) is 5.88 Å². The van der Waals surface area contributed by atoms with Gasteiger partial charge in [-0.15, -0.1) is 0 Å². The zero-order valence-electron chi connectivity index (χ0n) is 15.2. The van der Waals surface area contributed by atoms with Crippen LogP contribution in [-0.4, -0.2) is 59.4 Å². The van der Waals surface area contributed by atoms with Gasteiger partial charge in [0.1, 0.15) is 11.6 Å². The van der Waals surface area contributed by atoms with E-state index in [2.05, 4.69) is 25.2 Å². The maximum atomic E-state index is 5.49. The fourth-order valence-electron chi connectivity index (χ4n) is 3.57. The Bertz CT molecular complexity index is 778. The summed E-state index contributed by atoms with van der Waals surface area (Å²) in [6.07, 6.45) is 6.06. The molecule has 1 atom stereocenters. The largest absolute Gasteiger partial charge is 0.478 e. The van der Waals surface area contributed by atoms with Crippen LogP contribution in [0.25, 0.3) is 0 Å². The van der Waals surface area contributed by atoms with Crippen LogP contribution in [0.5, 0.6) is 5.88 Å². The molecule has 4 heterocycles. The average molecular weight is 356 g/mol. The van der Waals surface area contributed by atoms with Gasteiger partial charge < -0.3 is 19.7 Å². The van der Waals surface area contributed by atoms with E-state index >= 15 is 0 Å². The van der Waals surface area contributed by atoms with E-state index in [0.29, 0.717) is 11.9 Å². The lowest BCUT2D eigenvalue weighted by Crippen LogP contribution is -2.27. The summed E-state index contributed by atoms with van der Waals surface area (Å²) < 4.78 is 10.9. The molecule has 0 aromatic carbocycles. The Balaban J connectivity index is 1.59. The SMILES string of the molecule is COc1nccnc1N1CCc2nc(C)nc(N[C@H]3CCOC3)c2CC1. The smallest absolute Gasteiger partial charge is 0.257 e. The van der Waals surface area contributed by atoms with E-state index in [1.807, 2.05) is 6.92 Å². The number of ether oxygens (including phenoxy) is 2. The third kappa shape index (κ3) is 3.41. The summed E-state index contributed by atoms with van der Waals surface area (Å²) in [4.78, 5) is 20.3. The van der Waals surface area contributed by atoms with Crippen molar-refractivity contribution in [1.82, 2.24) is 19.9 Å². The monoisotopic (exact) mass is 356 g/mol. The number of hydrogen-bond acceptors (Lipinski definition) is 8. The normalized spacial score (nSPS) is 19.8. The van der Waals surface area contributed by atoms with Crippen LogP contribution in [0.4, 0.5) is 11.6 Å². The summed E-state index contributed by atoms with van der Waals surface area (Å²) >= 11 is 0. The van der Waals surface area contributed by atoms with Gasteiger partial charge in [-0.05, 0) is 19.8 Å². The maximum Gasteiger partial charge on any atom is 0.257 e. The first-order valence-electron chi connectivity index (χ1n) is 9.05. The van der Waals surface area contributed by atoms with Crippen molar-refractivity contribution in [3.8, 4) is 5.88 Å². The van der Waals surface area contributed by atoms with Crippen molar-refractivity contribution in [2.24, 2.45) is 0 Å². The molecule has 1 fully saturated rings. The van der Waals surface area contributed by atoms with E-state index in [0.717, 1.165) is 68.7 Å². The van der Waals surface area contributed by atoms with Gasteiger partial charge in [-0.2, -0.15) is 0 Å². The second kappa shape index (κ2) is 7.41. The number of aryl methyl sites for hydroxylation is 1. The minimum absolute atomic E-state index is 0.327. The van der Waals surface area contributed by atoms with E-state index in [9.17, 15) is 0 Å². The number of nitrogens with one attached hydrogen (secondary N) is 1. The molecular weight excluding hydrogens is 332 g/mol. The molecular formula is C18H24N6O2. The van der Waals surface area contributed by atoms with Crippen molar-refractivity contribution in [2.45, 2.75) is 32.2 Å². The number of fused-ring (bicyclic) bond motifs is 1. The van der Waals surface area contributed by atoms with Gasteiger partial charge in [-0.25, -0.2) is 19.9 Å². The topological polar surface area (TPSA) is 85.3 Å². The second-order valence-electron chi connectivity index (χ2n) is 6.63. The second-order valence-corrected chi connectivity index (χ2v) is 6.63. The minimum atomic E-state index is 0.327. The van der Waals surface area contributed by atoms with Crippen LogP contribution in [-0.2, 0) is 17.6 Å². The summed E-state index contributed by atoms with van der Waals surface area (Å²) in [7, 11) is 1.63. The van der Waals surface area contributed by atoms with Crippen molar-refractivity contribution in [1.29, 1.82) is 0 Å². The molecule has 8 heteroatoms. The molecule has 2 aromatic rings. The van der Waals surface area contributed by atoms with Gasteiger partial charge in [-0.1, -0.05) is 0 Å². The van der Waals surface area contributed by atoms with Crippen molar-refractivity contribution < 1.29 is 9.47 Å². The molecule has 138 valence electrons. The van der Waals surface area contributed by atoms with E-state index in [1.54, 1.807) is 19.5 Å². The Morgan fingerprint density at radius 2 is 2.04 bits per heavy atom. The molecule has 0 amide bonds. The standard InChI is InChI=1S/C18H24N6O2/c1-12-21-15-4-9-24(17-18(25-2)20-7-6-19-17)8-3-14(15)16(22-12)23-13-5-10-26-11-13/h6-7,13H,3-5,8-11H2,1-2H3,(H,21,22,23)/t13-/m0/s1. The van der Waals surface area contributed by atoms with Gasteiger partial charge in [0.15, 0.2) is 5.82 Å².